The van der Waals surface area contributed by atoms with Gasteiger partial charge in [0.25, 0.3) is 0 Å². The fourth-order valence-electron chi connectivity index (χ4n) is 0.744. The van der Waals surface area contributed by atoms with Crippen molar-refractivity contribution in [2.45, 2.75) is 20.3 Å². The van der Waals surface area contributed by atoms with Crippen molar-refractivity contribution in [3.05, 3.63) is 16.9 Å². The van der Waals surface area contributed by atoms with Crippen LogP contribution in [0.1, 0.15) is 20.3 Å². The zero-order valence-corrected chi connectivity index (χ0v) is 4.21. The Morgan fingerprint density at radius 1 is 1.33 bits per heavy atom. The predicted molar refractivity (Wildman–Crippen MR) is 26.5 cm³/mol. The van der Waals surface area contributed by atoms with Crippen molar-refractivity contribution in [1.82, 2.24) is 0 Å². The van der Waals surface area contributed by atoms with Gasteiger partial charge in [-0.1, -0.05) is 0 Å². The van der Waals surface area contributed by atoms with E-state index in [2.05, 4.69) is 19.6 Å². The van der Waals surface area contributed by atoms with E-state index < -0.39 is 0 Å². The van der Waals surface area contributed by atoms with Gasteiger partial charge in [-0.25, -0.2) is 0 Å². The second kappa shape index (κ2) is 0.990. The average molecular weight is 80.1 g/mol. The minimum absolute atomic E-state index is 1.19. The Hall–Kier alpha value is -0.480. The SMILES string of the molecule is CC1=C=C(C)C1. The second-order valence-corrected chi connectivity index (χ2v) is 1.86. The van der Waals surface area contributed by atoms with Crippen LogP contribution in [0.2, 0.25) is 0 Å². The number of hydrogen-bond acceptors (Lipinski definition) is 0. The van der Waals surface area contributed by atoms with Crippen molar-refractivity contribution in [2.75, 3.05) is 0 Å². The topological polar surface area (TPSA) is 0 Å². The maximum absolute atomic E-state index is 3.14. The third kappa shape index (κ3) is 0.395. The fraction of sp³-hybridized carbons (Fsp3) is 0.500. The van der Waals surface area contributed by atoms with Gasteiger partial charge in [0.1, 0.15) is 0 Å². The highest BCUT2D eigenvalue weighted by Gasteiger charge is 1.97. The van der Waals surface area contributed by atoms with Gasteiger partial charge in [-0.15, -0.1) is 5.73 Å². The lowest BCUT2D eigenvalue weighted by atomic mass is 10.0. The first-order valence-corrected chi connectivity index (χ1v) is 2.21. The molecule has 0 aromatic carbocycles. The van der Waals surface area contributed by atoms with Crippen LogP contribution in [0.4, 0.5) is 0 Å². The average Bonchev–Trinajstić information content (AvgIpc) is 1.33. The molecule has 0 atom stereocenters. The molecule has 1 aliphatic carbocycles. The van der Waals surface area contributed by atoms with E-state index in [0.717, 1.165) is 0 Å². The Balaban J connectivity index is 2.86. The molecule has 0 amide bonds. The van der Waals surface area contributed by atoms with Crippen molar-refractivity contribution in [3.8, 4) is 0 Å². The molecule has 0 aromatic heterocycles. The molecule has 1 aliphatic rings. The van der Waals surface area contributed by atoms with Gasteiger partial charge in [0.2, 0.25) is 0 Å². The maximum atomic E-state index is 3.14. The van der Waals surface area contributed by atoms with Crippen molar-refractivity contribution in [3.63, 3.8) is 0 Å². The fourth-order valence-corrected chi connectivity index (χ4v) is 0.744. The molecule has 0 saturated heterocycles. The smallest absolute Gasteiger partial charge is 0.00384 e. The summed E-state index contributed by atoms with van der Waals surface area (Å²) in [6, 6.07) is 0. The third-order valence-corrected chi connectivity index (χ3v) is 0.957. The van der Waals surface area contributed by atoms with E-state index in [1.807, 2.05) is 0 Å². The second-order valence-electron chi connectivity index (χ2n) is 1.86. The van der Waals surface area contributed by atoms with Crippen LogP contribution < -0.4 is 0 Å². The van der Waals surface area contributed by atoms with Crippen LogP contribution in [-0.2, 0) is 0 Å². The molecule has 0 saturated carbocycles. The summed E-state index contributed by atoms with van der Waals surface area (Å²) in [6.07, 6.45) is 1.19. The Morgan fingerprint density at radius 3 is 1.67 bits per heavy atom. The number of allylic oxidation sites excluding steroid dienone is 1. The van der Waals surface area contributed by atoms with Crippen LogP contribution in [0.5, 0.6) is 0 Å². The quantitative estimate of drug-likeness (QED) is 0.390. The maximum Gasteiger partial charge on any atom is 0.00384 e. The molecule has 6 heavy (non-hydrogen) atoms. The molecule has 1 rings (SSSR count). The van der Waals surface area contributed by atoms with Gasteiger partial charge < -0.3 is 0 Å². The first-order valence-electron chi connectivity index (χ1n) is 2.21. The molecule has 0 nitrogen and oxygen atoms in total. The number of rotatable bonds is 0. The van der Waals surface area contributed by atoms with Crippen LogP contribution in [0.15, 0.2) is 16.9 Å². The normalized spacial score (nSPS) is 18.3. The highest BCUT2D eigenvalue weighted by atomic mass is 14.0. The summed E-state index contributed by atoms with van der Waals surface area (Å²) in [7, 11) is 0. The third-order valence-electron chi connectivity index (χ3n) is 0.957. The van der Waals surface area contributed by atoms with Crippen molar-refractivity contribution in [1.29, 1.82) is 0 Å². The summed E-state index contributed by atoms with van der Waals surface area (Å²) >= 11 is 0. The van der Waals surface area contributed by atoms with Crippen LogP contribution in [0, 0.1) is 0 Å². The molecule has 0 heteroatoms. The molecule has 0 radical (unpaired) electrons. The standard InChI is InChI=1S/C6H8/c1-5-3-6(2)4-5/h3H2,1-2H3. The van der Waals surface area contributed by atoms with E-state index in [9.17, 15) is 0 Å². The first kappa shape index (κ1) is 3.70. The summed E-state index contributed by atoms with van der Waals surface area (Å²) in [6.45, 7) is 4.21. The van der Waals surface area contributed by atoms with Crippen LogP contribution in [-0.4, -0.2) is 0 Å². The Labute approximate surface area is 38.2 Å². The summed E-state index contributed by atoms with van der Waals surface area (Å²) < 4.78 is 0. The van der Waals surface area contributed by atoms with Crippen molar-refractivity contribution < 1.29 is 0 Å². The van der Waals surface area contributed by atoms with E-state index in [1.165, 1.54) is 17.6 Å². The van der Waals surface area contributed by atoms with Crippen LogP contribution in [0.25, 0.3) is 0 Å². The molecule has 0 unspecified atom stereocenters. The molecule has 32 valence electrons. The molecule has 0 bridgehead atoms. The molecular weight excluding hydrogens is 72.1 g/mol. The van der Waals surface area contributed by atoms with Gasteiger partial charge in [0.05, 0.1) is 0 Å². The van der Waals surface area contributed by atoms with Crippen LogP contribution >= 0.6 is 0 Å². The monoisotopic (exact) mass is 80.1 g/mol. The van der Waals surface area contributed by atoms with E-state index in [-0.39, 0.29) is 0 Å². The van der Waals surface area contributed by atoms with Gasteiger partial charge in [0.15, 0.2) is 0 Å². The van der Waals surface area contributed by atoms with Crippen molar-refractivity contribution in [2.24, 2.45) is 0 Å². The lowest BCUT2D eigenvalue weighted by Gasteiger charge is -2.03. The molecule has 0 heterocycles. The summed E-state index contributed by atoms with van der Waals surface area (Å²) in [5.74, 6) is 0. The van der Waals surface area contributed by atoms with Crippen molar-refractivity contribution >= 4 is 0 Å². The highest BCUT2D eigenvalue weighted by Crippen LogP contribution is 2.15. The zero-order valence-electron chi connectivity index (χ0n) is 4.21. The minimum atomic E-state index is 1.19. The first-order chi connectivity index (χ1) is 2.79. The Kier molecular flexibility index (Phi) is 0.611. The lowest BCUT2D eigenvalue weighted by Crippen LogP contribution is -1.85. The van der Waals surface area contributed by atoms with Gasteiger partial charge in [-0.2, -0.15) is 0 Å². The van der Waals surface area contributed by atoms with E-state index >= 15 is 0 Å². The molecule has 0 spiro atoms. The predicted octanol–water partition coefficient (Wildman–Crippen LogP) is 1.88. The summed E-state index contributed by atoms with van der Waals surface area (Å²) in [5.41, 5.74) is 5.93. The zero-order chi connectivity index (χ0) is 4.57. The van der Waals surface area contributed by atoms with E-state index in [0.29, 0.717) is 0 Å². The molecule has 0 aromatic rings. The minimum Gasteiger partial charge on any atom is -0.122 e. The summed E-state index contributed by atoms with van der Waals surface area (Å²) in [4.78, 5) is 0. The summed E-state index contributed by atoms with van der Waals surface area (Å²) in [5, 5.41) is 0. The Bertz CT molecular complexity index is 111. The van der Waals surface area contributed by atoms with Gasteiger partial charge in [0, 0.05) is 6.42 Å². The van der Waals surface area contributed by atoms with Gasteiger partial charge >= 0.3 is 0 Å². The van der Waals surface area contributed by atoms with Gasteiger partial charge in [-0.05, 0) is 25.0 Å². The van der Waals surface area contributed by atoms with E-state index in [4.69, 9.17) is 0 Å². The molecule has 0 fully saturated rings. The molecule has 0 N–H and O–H groups in total. The largest absolute Gasteiger partial charge is 0.122 e. The number of hydrogen-bond donors (Lipinski definition) is 0. The Morgan fingerprint density at radius 2 is 1.67 bits per heavy atom. The molecular formula is C6H8. The van der Waals surface area contributed by atoms with Gasteiger partial charge in [-0.3, -0.25) is 0 Å². The van der Waals surface area contributed by atoms with E-state index in [1.54, 1.807) is 0 Å². The van der Waals surface area contributed by atoms with Crippen LogP contribution in [0.3, 0.4) is 0 Å². The highest BCUT2D eigenvalue weighted by molar-refractivity contribution is 5.21. The molecule has 0 aliphatic heterocycles. The lowest BCUT2D eigenvalue weighted by molar-refractivity contribution is 1.05.